The lowest BCUT2D eigenvalue weighted by atomic mass is 9.76. The van der Waals surface area contributed by atoms with E-state index in [0.717, 1.165) is 76.8 Å². The highest BCUT2D eigenvalue weighted by molar-refractivity contribution is 9.10. The van der Waals surface area contributed by atoms with Crippen molar-refractivity contribution in [3.8, 4) is 0 Å². The van der Waals surface area contributed by atoms with Gasteiger partial charge in [0.2, 0.25) is 5.91 Å². The Labute approximate surface area is 292 Å². The van der Waals surface area contributed by atoms with Gasteiger partial charge in [0.15, 0.2) is 19.0 Å². The molecular formula is C35H39Br2ClN5O3+. The first-order chi connectivity index (χ1) is 22.2. The molecule has 46 heavy (non-hydrogen) atoms. The van der Waals surface area contributed by atoms with Crippen LogP contribution in [0.3, 0.4) is 0 Å². The monoisotopic (exact) mass is 770 g/mol. The predicted molar refractivity (Wildman–Crippen MR) is 185 cm³/mol. The van der Waals surface area contributed by atoms with Crippen molar-refractivity contribution < 1.29 is 19.0 Å². The van der Waals surface area contributed by atoms with Gasteiger partial charge in [0, 0.05) is 76.4 Å². The van der Waals surface area contributed by atoms with Crippen LogP contribution in [0.5, 0.6) is 0 Å². The number of aryl methyl sites for hydroxylation is 3. The maximum Gasteiger partial charge on any atom is 0.263 e. The average molecular weight is 773 g/mol. The molecule has 0 radical (unpaired) electrons. The number of carbonyl (C=O) groups excluding carboxylic acids is 2. The van der Waals surface area contributed by atoms with Gasteiger partial charge in [-0.15, -0.1) is 0 Å². The molecular weight excluding hydrogens is 734 g/mol. The van der Waals surface area contributed by atoms with Crippen LogP contribution in [0.1, 0.15) is 66.0 Å². The number of rotatable bonds is 7. The van der Waals surface area contributed by atoms with Crippen LogP contribution in [-0.4, -0.2) is 65.6 Å². The lowest BCUT2D eigenvalue weighted by molar-refractivity contribution is -0.671. The highest BCUT2D eigenvalue weighted by atomic mass is 79.9. The first-order valence-electron chi connectivity index (χ1n) is 16.0. The number of halogens is 3. The van der Waals surface area contributed by atoms with Gasteiger partial charge < -0.3 is 14.6 Å². The smallest absolute Gasteiger partial charge is 0.263 e. The predicted octanol–water partition coefficient (Wildman–Crippen LogP) is 6.23. The fourth-order valence-electron chi connectivity index (χ4n) is 7.16. The third kappa shape index (κ3) is 7.82. The lowest BCUT2D eigenvalue weighted by Crippen LogP contribution is -2.43. The first-order valence-corrected chi connectivity index (χ1v) is 18.0. The van der Waals surface area contributed by atoms with Crippen LogP contribution >= 0.6 is 43.5 Å². The van der Waals surface area contributed by atoms with E-state index < -0.39 is 0 Å². The van der Waals surface area contributed by atoms with E-state index in [9.17, 15) is 9.59 Å². The minimum Gasteiger partial charge on any atom is -0.386 e. The highest BCUT2D eigenvalue weighted by Gasteiger charge is 2.37. The zero-order chi connectivity index (χ0) is 32.2. The quantitative estimate of drug-likeness (QED) is 0.162. The molecule has 2 amide bonds. The Morgan fingerprint density at radius 1 is 1.00 bits per heavy atom. The Hall–Kier alpha value is -2.82. The average Bonchev–Trinajstić information content (AvgIpc) is 3.21. The summed E-state index contributed by atoms with van der Waals surface area (Å²) in [6.45, 7) is 2.71. The number of piperidine rings is 2. The number of nitrogens with zero attached hydrogens (tertiary/aromatic N) is 5. The fraction of sp³-hybridized carbons (Fsp3) is 0.457. The number of hydrogen-bond donors (Lipinski definition) is 0. The van der Waals surface area contributed by atoms with Crippen LogP contribution in [0.25, 0.3) is 0 Å². The van der Waals surface area contributed by atoms with Crippen molar-refractivity contribution in [1.29, 1.82) is 0 Å². The summed E-state index contributed by atoms with van der Waals surface area (Å²) < 4.78 is 3.98. The molecule has 4 heterocycles. The molecule has 0 saturated carbocycles. The zero-order valence-corrected chi connectivity index (χ0v) is 29.9. The van der Waals surface area contributed by atoms with Crippen LogP contribution in [0.2, 0.25) is 5.02 Å². The van der Waals surface area contributed by atoms with Crippen LogP contribution in [-0.2, 0) is 34.3 Å². The van der Waals surface area contributed by atoms with E-state index in [1.807, 2.05) is 53.3 Å². The number of oxime groups is 1. The standard InChI is InChI=1S/C35H39Br2ClN5O3/c1-41-10-4-24(5-11-41)20-40-46-22-32(45)43-12-6-23(7-13-43)16-31(44)42-14-8-25(9-15-42)34-33-26(18-29(38)19-30(33)37)2-3-27-17-28(36)21-39-35(27)34/h4-5,10-11,17-21,23,25,34H,2-3,6-9,12-16,22H2,1H3/q+1/b40-20+/t34-/m1/s1. The van der Waals surface area contributed by atoms with E-state index in [0.29, 0.717) is 25.4 Å². The summed E-state index contributed by atoms with van der Waals surface area (Å²) in [6, 6.07) is 10.2. The van der Waals surface area contributed by atoms with Gasteiger partial charge in [-0.3, -0.25) is 14.6 Å². The molecule has 1 atom stereocenters. The molecule has 6 rings (SSSR count). The molecule has 3 aliphatic rings. The van der Waals surface area contributed by atoms with Gasteiger partial charge in [-0.1, -0.05) is 32.7 Å². The van der Waals surface area contributed by atoms with Gasteiger partial charge in [0.05, 0.1) is 11.9 Å². The van der Waals surface area contributed by atoms with Crippen molar-refractivity contribution in [2.75, 3.05) is 32.8 Å². The van der Waals surface area contributed by atoms with Crippen molar-refractivity contribution in [1.82, 2.24) is 14.8 Å². The van der Waals surface area contributed by atoms with Crippen molar-refractivity contribution in [2.45, 2.75) is 50.9 Å². The fourth-order valence-corrected chi connectivity index (χ4v) is 8.65. The summed E-state index contributed by atoms with van der Waals surface area (Å²) >= 11 is 14.0. The Morgan fingerprint density at radius 3 is 2.41 bits per heavy atom. The van der Waals surface area contributed by atoms with E-state index in [-0.39, 0.29) is 30.3 Å². The molecule has 0 unspecified atom stereocenters. The molecule has 11 heteroatoms. The van der Waals surface area contributed by atoms with E-state index in [1.54, 1.807) is 6.21 Å². The van der Waals surface area contributed by atoms with E-state index in [4.69, 9.17) is 21.4 Å². The number of pyridine rings is 2. The summed E-state index contributed by atoms with van der Waals surface area (Å²) in [7, 11) is 1.95. The number of amides is 2. The maximum absolute atomic E-state index is 13.4. The molecule has 1 aliphatic carbocycles. The van der Waals surface area contributed by atoms with E-state index in [2.05, 4.69) is 54.0 Å². The maximum atomic E-state index is 13.4. The van der Waals surface area contributed by atoms with Gasteiger partial charge in [0.25, 0.3) is 5.91 Å². The number of likely N-dealkylation sites (tertiary alicyclic amines) is 2. The topological polar surface area (TPSA) is 79.0 Å². The van der Waals surface area contributed by atoms with Gasteiger partial charge in [-0.05, 0) is 101 Å². The second kappa shape index (κ2) is 14.9. The highest BCUT2D eigenvalue weighted by Crippen LogP contribution is 2.46. The van der Waals surface area contributed by atoms with Gasteiger partial charge >= 0.3 is 0 Å². The number of aromatic nitrogens is 2. The molecule has 1 aromatic carbocycles. The Morgan fingerprint density at radius 2 is 1.67 bits per heavy atom. The summed E-state index contributed by atoms with van der Waals surface area (Å²) in [5.74, 6) is 0.981. The van der Waals surface area contributed by atoms with Gasteiger partial charge in [-0.25, -0.2) is 4.57 Å². The summed E-state index contributed by atoms with van der Waals surface area (Å²) in [5, 5.41) is 4.69. The van der Waals surface area contributed by atoms with Crippen molar-refractivity contribution >= 4 is 61.5 Å². The number of benzene rings is 1. The number of carbonyl (C=O) groups is 2. The molecule has 2 saturated heterocycles. The SMILES string of the molecule is C[n+]1ccc(/C=N/OCC(=O)N2CCC(CC(=O)N3CCC([C@H]4c5ncc(Br)cc5CCc5cc(Cl)cc(Br)c54)CC3)CC2)cc1. The minimum atomic E-state index is -0.0813. The second-order valence-electron chi connectivity index (χ2n) is 12.7. The summed E-state index contributed by atoms with van der Waals surface area (Å²) in [4.78, 5) is 40.2. The Bertz CT molecular complexity index is 1600. The molecule has 2 aromatic heterocycles. The van der Waals surface area contributed by atoms with E-state index >= 15 is 0 Å². The second-order valence-corrected chi connectivity index (χ2v) is 14.9. The third-order valence-corrected chi connectivity index (χ3v) is 11.0. The van der Waals surface area contributed by atoms with Crippen LogP contribution < -0.4 is 4.57 Å². The summed E-state index contributed by atoms with van der Waals surface area (Å²) in [6.07, 6.45) is 13.3. The largest absolute Gasteiger partial charge is 0.386 e. The van der Waals surface area contributed by atoms with Gasteiger partial charge in [-0.2, -0.15) is 0 Å². The molecule has 8 nitrogen and oxygen atoms in total. The summed E-state index contributed by atoms with van der Waals surface area (Å²) in [5.41, 5.74) is 5.92. The minimum absolute atomic E-state index is 0.0686. The molecule has 2 aliphatic heterocycles. The van der Waals surface area contributed by atoms with E-state index in [1.165, 1.54) is 16.7 Å². The molecule has 3 aromatic rings. The molecule has 0 N–H and O–H groups in total. The molecule has 0 bridgehead atoms. The van der Waals surface area contributed by atoms with Crippen LogP contribution in [0.4, 0.5) is 0 Å². The van der Waals surface area contributed by atoms with Crippen molar-refractivity contribution in [3.05, 3.63) is 90.8 Å². The molecule has 242 valence electrons. The van der Waals surface area contributed by atoms with Crippen LogP contribution in [0, 0.1) is 11.8 Å². The molecule has 0 spiro atoms. The number of hydrogen-bond acceptors (Lipinski definition) is 5. The van der Waals surface area contributed by atoms with Gasteiger partial charge in [0.1, 0.15) is 7.05 Å². The first kappa shape index (κ1) is 33.1. The van der Waals surface area contributed by atoms with Crippen LogP contribution in [0.15, 0.2) is 63.0 Å². The van der Waals surface area contributed by atoms with Crippen molar-refractivity contribution in [3.63, 3.8) is 0 Å². The molecule has 2 fully saturated rings. The lowest BCUT2D eigenvalue weighted by Gasteiger charge is -2.38. The zero-order valence-electron chi connectivity index (χ0n) is 26.0. The Kier molecular flexibility index (Phi) is 10.8. The Balaban J connectivity index is 1.000. The number of fused-ring (bicyclic) bond motifs is 2. The normalized spacial score (nSPS) is 19.1. The van der Waals surface area contributed by atoms with Crippen molar-refractivity contribution in [2.24, 2.45) is 24.0 Å². The third-order valence-electron chi connectivity index (χ3n) is 9.68.